The van der Waals surface area contributed by atoms with Crippen LogP contribution < -0.4 is 5.32 Å². The van der Waals surface area contributed by atoms with Gasteiger partial charge in [0.2, 0.25) is 5.22 Å². The average molecular weight is 219 g/mol. The number of nitrogens with one attached hydrogen (secondary N) is 1. The van der Waals surface area contributed by atoms with Gasteiger partial charge in [-0.1, -0.05) is 5.16 Å². The normalized spacial score (nSPS) is 11.1. The minimum Gasteiger partial charge on any atom is -0.444 e. The van der Waals surface area contributed by atoms with E-state index in [4.69, 9.17) is 16.3 Å². The zero-order valence-corrected chi connectivity index (χ0v) is 8.88. The molecule has 0 saturated carbocycles. The van der Waals surface area contributed by atoms with Gasteiger partial charge in [0.05, 0.1) is 0 Å². The van der Waals surface area contributed by atoms with Crippen molar-refractivity contribution in [1.82, 2.24) is 5.16 Å². The molecule has 0 spiro atoms. The summed E-state index contributed by atoms with van der Waals surface area (Å²) in [6.45, 7) is 5.30. The topological polar surface area (TPSA) is 64.4 Å². The largest absolute Gasteiger partial charge is 0.444 e. The van der Waals surface area contributed by atoms with Crippen molar-refractivity contribution in [3.63, 3.8) is 0 Å². The fraction of sp³-hybridized carbons (Fsp3) is 0.500. The molecule has 0 radical (unpaired) electrons. The number of halogens is 1. The third-order valence-electron chi connectivity index (χ3n) is 1.11. The van der Waals surface area contributed by atoms with Gasteiger partial charge in [-0.3, -0.25) is 5.32 Å². The quantitative estimate of drug-likeness (QED) is 0.787. The Morgan fingerprint density at radius 2 is 2.29 bits per heavy atom. The second-order valence-electron chi connectivity index (χ2n) is 3.64. The van der Waals surface area contributed by atoms with Crippen LogP contribution in [0.2, 0.25) is 5.22 Å². The summed E-state index contributed by atoms with van der Waals surface area (Å²) in [6.07, 6.45) is -0.595. The van der Waals surface area contributed by atoms with E-state index in [0.717, 1.165) is 0 Å². The number of hydrogen-bond donors (Lipinski definition) is 1. The number of aromatic nitrogens is 1. The molecule has 1 N–H and O–H groups in total. The Bertz CT molecular complexity index is 330. The Morgan fingerprint density at radius 1 is 1.64 bits per heavy atom. The third-order valence-corrected chi connectivity index (χ3v) is 1.29. The highest BCUT2D eigenvalue weighted by atomic mass is 35.5. The Kier molecular flexibility index (Phi) is 3.00. The van der Waals surface area contributed by atoms with Gasteiger partial charge in [0, 0.05) is 6.07 Å². The van der Waals surface area contributed by atoms with E-state index in [0.29, 0.717) is 0 Å². The van der Waals surface area contributed by atoms with E-state index in [1.165, 1.54) is 6.07 Å². The van der Waals surface area contributed by atoms with Gasteiger partial charge in [-0.15, -0.1) is 0 Å². The fourth-order valence-corrected chi connectivity index (χ4v) is 0.858. The van der Waals surface area contributed by atoms with E-state index in [1.807, 2.05) is 0 Å². The van der Waals surface area contributed by atoms with Crippen LogP contribution >= 0.6 is 11.6 Å². The maximum atomic E-state index is 11.2. The third kappa shape index (κ3) is 3.66. The molecule has 0 aliphatic rings. The summed E-state index contributed by atoms with van der Waals surface area (Å²) in [5.74, 6) is 0.226. The molecule has 1 aromatic heterocycles. The van der Waals surface area contributed by atoms with Crippen LogP contribution in [0.15, 0.2) is 10.6 Å². The lowest BCUT2D eigenvalue weighted by atomic mass is 10.2. The van der Waals surface area contributed by atoms with Crippen molar-refractivity contribution in [3.8, 4) is 0 Å². The zero-order chi connectivity index (χ0) is 10.8. The summed E-state index contributed by atoms with van der Waals surface area (Å²) in [5, 5.41) is 5.94. The van der Waals surface area contributed by atoms with Crippen molar-refractivity contribution >= 4 is 23.5 Å². The van der Waals surface area contributed by atoms with E-state index in [9.17, 15) is 4.79 Å². The molecule has 0 saturated heterocycles. The molecule has 0 fully saturated rings. The van der Waals surface area contributed by atoms with E-state index in [1.54, 1.807) is 20.8 Å². The summed E-state index contributed by atoms with van der Waals surface area (Å²) in [7, 11) is 0. The number of hydrogen-bond acceptors (Lipinski definition) is 4. The van der Waals surface area contributed by atoms with Gasteiger partial charge in [0.1, 0.15) is 5.60 Å². The fourth-order valence-electron chi connectivity index (χ4n) is 0.720. The van der Waals surface area contributed by atoms with Crippen LogP contribution in [0.25, 0.3) is 0 Å². The SMILES string of the molecule is CC(C)(C)OC(=O)Nc1cc(Cl)on1. The van der Waals surface area contributed by atoms with Crippen molar-refractivity contribution in [2.75, 3.05) is 5.32 Å². The Labute approximate surface area is 86.3 Å². The monoisotopic (exact) mass is 218 g/mol. The molecule has 14 heavy (non-hydrogen) atoms. The van der Waals surface area contributed by atoms with Crippen molar-refractivity contribution < 1.29 is 14.1 Å². The smallest absolute Gasteiger partial charge is 0.413 e. The molecule has 0 atom stereocenters. The van der Waals surface area contributed by atoms with Crippen LogP contribution in [-0.2, 0) is 4.74 Å². The lowest BCUT2D eigenvalue weighted by Gasteiger charge is -2.18. The van der Waals surface area contributed by atoms with Gasteiger partial charge >= 0.3 is 6.09 Å². The molecule has 0 aromatic carbocycles. The van der Waals surface area contributed by atoms with E-state index >= 15 is 0 Å². The first-order valence-electron chi connectivity index (χ1n) is 3.99. The Morgan fingerprint density at radius 3 is 2.71 bits per heavy atom. The standard InChI is InChI=1S/C8H11ClN2O3/c1-8(2,3)13-7(12)10-6-4-5(9)14-11-6/h4H,1-3H3,(H,10,11,12). The predicted molar refractivity (Wildman–Crippen MR) is 51.4 cm³/mol. The van der Waals surface area contributed by atoms with Crippen LogP contribution in [0.5, 0.6) is 0 Å². The molecule has 1 heterocycles. The molecule has 5 nitrogen and oxygen atoms in total. The minimum atomic E-state index is -0.595. The number of rotatable bonds is 1. The zero-order valence-electron chi connectivity index (χ0n) is 8.13. The molecule has 78 valence electrons. The Balaban J connectivity index is 2.50. The van der Waals surface area contributed by atoms with Crippen molar-refractivity contribution in [2.24, 2.45) is 0 Å². The van der Waals surface area contributed by atoms with Gasteiger partial charge < -0.3 is 9.26 Å². The van der Waals surface area contributed by atoms with E-state index < -0.39 is 11.7 Å². The van der Waals surface area contributed by atoms with Gasteiger partial charge in [-0.05, 0) is 32.4 Å². The predicted octanol–water partition coefficient (Wildman–Crippen LogP) is 2.68. The number of carbonyl (C=O) groups excluding carboxylic acids is 1. The van der Waals surface area contributed by atoms with Crippen LogP contribution in [0, 0.1) is 0 Å². The maximum absolute atomic E-state index is 11.2. The molecule has 0 bridgehead atoms. The van der Waals surface area contributed by atoms with E-state index in [2.05, 4.69) is 15.0 Å². The van der Waals surface area contributed by atoms with Crippen molar-refractivity contribution in [1.29, 1.82) is 0 Å². The van der Waals surface area contributed by atoms with Gasteiger partial charge in [-0.25, -0.2) is 4.79 Å². The molecule has 0 unspecified atom stereocenters. The highest BCUT2D eigenvalue weighted by molar-refractivity contribution is 6.29. The van der Waals surface area contributed by atoms with Crippen LogP contribution in [-0.4, -0.2) is 16.9 Å². The molecule has 0 aliphatic carbocycles. The number of anilines is 1. The number of amides is 1. The summed E-state index contributed by atoms with van der Waals surface area (Å²) >= 11 is 5.46. The van der Waals surface area contributed by atoms with Gasteiger partial charge in [-0.2, -0.15) is 0 Å². The maximum Gasteiger partial charge on any atom is 0.413 e. The number of nitrogens with zero attached hydrogens (tertiary/aromatic N) is 1. The molecule has 0 aliphatic heterocycles. The summed E-state index contributed by atoms with van der Waals surface area (Å²) < 4.78 is 9.52. The molecular weight excluding hydrogens is 208 g/mol. The summed E-state index contributed by atoms with van der Waals surface area (Å²) in [5.41, 5.74) is -0.544. The lowest BCUT2D eigenvalue weighted by molar-refractivity contribution is 0.0634. The van der Waals surface area contributed by atoms with Crippen molar-refractivity contribution in [2.45, 2.75) is 26.4 Å². The summed E-state index contributed by atoms with van der Waals surface area (Å²) in [4.78, 5) is 11.2. The van der Waals surface area contributed by atoms with Crippen molar-refractivity contribution in [3.05, 3.63) is 11.3 Å². The number of carbonyl (C=O) groups is 1. The molecule has 1 aromatic rings. The second kappa shape index (κ2) is 3.88. The number of ether oxygens (including phenoxy) is 1. The van der Waals surface area contributed by atoms with Crippen LogP contribution in [0.3, 0.4) is 0 Å². The van der Waals surface area contributed by atoms with E-state index in [-0.39, 0.29) is 11.0 Å². The van der Waals surface area contributed by atoms with Crippen LogP contribution in [0.1, 0.15) is 20.8 Å². The van der Waals surface area contributed by atoms with Gasteiger partial charge in [0.25, 0.3) is 0 Å². The highest BCUT2D eigenvalue weighted by Gasteiger charge is 2.17. The second-order valence-corrected chi connectivity index (χ2v) is 4.02. The summed E-state index contributed by atoms with van der Waals surface area (Å²) in [6, 6.07) is 1.38. The molecular formula is C8H11ClN2O3. The molecule has 1 rings (SSSR count). The first kappa shape index (κ1) is 10.8. The first-order valence-corrected chi connectivity index (χ1v) is 4.37. The van der Waals surface area contributed by atoms with Gasteiger partial charge in [0.15, 0.2) is 5.82 Å². The Hall–Kier alpha value is -1.23. The minimum absolute atomic E-state index is 0.107. The first-order chi connectivity index (χ1) is 6.37. The highest BCUT2D eigenvalue weighted by Crippen LogP contribution is 2.15. The average Bonchev–Trinajstić information content (AvgIpc) is 2.30. The van der Waals surface area contributed by atoms with Crippen LogP contribution in [0.4, 0.5) is 10.6 Å². The molecule has 1 amide bonds. The molecule has 6 heteroatoms. The lowest BCUT2D eigenvalue weighted by Crippen LogP contribution is -2.27.